The van der Waals surface area contributed by atoms with Crippen LogP contribution < -0.4 is 5.73 Å². The maximum absolute atomic E-state index is 10.4. The van der Waals surface area contributed by atoms with Crippen molar-refractivity contribution in [3.63, 3.8) is 0 Å². The van der Waals surface area contributed by atoms with Crippen LogP contribution in [0.4, 0.5) is 4.79 Å². The van der Waals surface area contributed by atoms with Crippen molar-refractivity contribution in [2.75, 3.05) is 6.61 Å². The average Bonchev–Trinajstić information content (AvgIpc) is 1.86. The van der Waals surface area contributed by atoms with E-state index in [1.807, 2.05) is 0 Å². The average molecular weight is 159 g/mol. The van der Waals surface area contributed by atoms with E-state index in [-0.39, 0.29) is 0 Å². The molecule has 0 aromatic carbocycles. The quantitative estimate of drug-likeness (QED) is 0.275. The van der Waals surface area contributed by atoms with E-state index >= 15 is 0 Å². The summed E-state index contributed by atoms with van der Waals surface area (Å²) in [5.41, 5.74) is 4.54. The van der Waals surface area contributed by atoms with Crippen LogP contribution in [0, 0.1) is 0 Å². The second kappa shape index (κ2) is 5.28. The third-order valence-electron chi connectivity index (χ3n) is 0.668. The van der Waals surface area contributed by atoms with Gasteiger partial charge in [-0.05, 0) is 6.92 Å². The van der Waals surface area contributed by atoms with E-state index in [0.29, 0.717) is 6.61 Å². The van der Waals surface area contributed by atoms with Gasteiger partial charge >= 0.3 is 12.1 Å². The molecule has 0 aliphatic carbocycles. The van der Waals surface area contributed by atoms with Crippen molar-refractivity contribution < 1.29 is 19.1 Å². The van der Waals surface area contributed by atoms with Gasteiger partial charge in [0.2, 0.25) is 0 Å². The van der Waals surface area contributed by atoms with Crippen LogP contribution in [-0.4, -0.2) is 18.7 Å². The summed E-state index contributed by atoms with van der Waals surface area (Å²) in [6.07, 6.45) is 0.968. The molecule has 0 heterocycles. The molecule has 5 nitrogen and oxygen atoms in total. The zero-order valence-corrected chi connectivity index (χ0v) is 6.07. The van der Waals surface area contributed by atoms with Crippen LogP contribution in [0.25, 0.3) is 0 Å². The second-order valence-electron chi connectivity index (χ2n) is 1.50. The van der Waals surface area contributed by atoms with Crippen LogP contribution in [0.3, 0.4) is 0 Å². The molecule has 0 saturated carbocycles. The van der Waals surface area contributed by atoms with Gasteiger partial charge in [0.05, 0.1) is 18.9 Å². The van der Waals surface area contributed by atoms with Gasteiger partial charge in [0, 0.05) is 0 Å². The fourth-order valence-electron chi connectivity index (χ4n) is 0.333. The first-order valence-electron chi connectivity index (χ1n) is 2.96. The molecule has 0 aliphatic heterocycles. The minimum atomic E-state index is -1.13. The Hall–Kier alpha value is -1.52. The molecule has 0 bridgehead atoms. The minimum Gasteiger partial charge on any atom is -0.501 e. The minimum absolute atomic E-state index is 0.445. The van der Waals surface area contributed by atoms with Gasteiger partial charge in [-0.15, -0.1) is 0 Å². The van der Waals surface area contributed by atoms with Gasteiger partial charge in [-0.1, -0.05) is 0 Å². The molecule has 2 N–H and O–H groups in total. The lowest BCUT2D eigenvalue weighted by Gasteiger charge is -1.93. The highest BCUT2D eigenvalue weighted by Gasteiger charge is 1.99. The van der Waals surface area contributed by atoms with Crippen LogP contribution in [0.15, 0.2) is 12.3 Å². The van der Waals surface area contributed by atoms with Crippen molar-refractivity contribution in [2.24, 2.45) is 5.73 Å². The summed E-state index contributed by atoms with van der Waals surface area (Å²) in [4.78, 5) is 20.4. The summed E-state index contributed by atoms with van der Waals surface area (Å²) < 4.78 is 8.58. The molecule has 0 saturated heterocycles. The van der Waals surface area contributed by atoms with Crippen molar-refractivity contribution in [1.29, 1.82) is 0 Å². The van der Waals surface area contributed by atoms with E-state index in [0.717, 1.165) is 12.3 Å². The Morgan fingerprint density at radius 1 is 1.55 bits per heavy atom. The molecule has 0 aromatic heterocycles. The van der Waals surface area contributed by atoms with Gasteiger partial charge in [-0.3, -0.25) is 0 Å². The molecule has 5 heteroatoms. The molecule has 0 radical (unpaired) electrons. The number of nitrogens with two attached hydrogens (primary N) is 1. The smallest absolute Gasteiger partial charge is 0.412 e. The maximum atomic E-state index is 10.4. The summed E-state index contributed by atoms with van der Waals surface area (Å²) in [7, 11) is 0. The number of ether oxygens (including phenoxy) is 2. The lowest BCUT2D eigenvalue weighted by atomic mass is 10.6. The first-order valence-corrected chi connectivity index (χ1v) is 2.96. The number of hydrogen-bond donors (Lipinski definition) is 1. The normalized spacial score (nSPS) is 9.55. The van der Waals surface area contributed by atoms with Crippen molar-refractivity contribution in [3.05, 3.63) is 12.3 Å². The number of primary amides is 1. The molecule has 0 spiro atoms. The maximum Gasteiger partial charge on any atom is 0.412 e. The molecule has 0 aliphatic rings. The number of rotatable bonds is 3. The Labute approximate surface area is 63.8 Å². The number of esters is 1. The Kier molecular flexibility index (Phi) is 4.55. The zero-order valence-electron chi connectivity index (χ0n) is 6.07. The van der Waals surface area contributed by atoms with Gasteiger partial charge in [-0.25, -0.2) is 9.59 Å². The molecule has 0 rings (SSSR count). The van der Waals surface area contributed by atoms with Gasteiger partial charge in [0.25, 0.3) is 0 Å². The molecule has 62 valence electrons. The lowest BCUT2D eigenvalue weighted by molar-refractivity contribution is -0.131. The van der Waals surface area contributed by atoms with E-state index < -0.39 is 12.1 Å². The molecule has 0 atom stereocenters. The van der Waals surface area contributed by atoms with Crippen molar-refractivity contribution in [2.45, 2.75) is 6.92 Å². The fourth-order valence-corrected chi connectivity index (χ4v) is 0.333. The SMILES string of the molecule is CCOC=CC(=O)OC(N)=O. The molecule has 0 aromatic rings. The first-order chi connectivity index (χ1) is 5.16. The number of carbonyl (C=O) groups is 2. The van der Waals surface area contributed by atoms with Crippen LogP contribution in [0.2, 0.25) is 0 Å². The van der Waals surface area contributed by atoms with E-state index in [1.54, 1.807) is 6.92 Å². The Bertz CT molecular complexity index is 175. The predicted octanol–water partition coefficient (Wildman–Crippen LogP) is 0.159. The summed E-state index contributed by atoms with van der Waals surface area (Å²) in [6.45, 7) is 2.20. The summed E-state index contributed by atoms with van der Waals surface area (Å²) in [5.74, 6) is -0.842. The Morgan fingerprint density at radius 3 is 2.64 bits per heavy atom. The first kappa shape index (κ1) is 9.48. The topological polar surface area (TPSA) is 78.6 Å². The Morgan fingerprint density at radius 2 is 2.18 bits per heavy atom. The van der Waals surface area contributed by atoms with Crippen LogP contribution in [0.1, 0.15) is 6.92 Å². The molecule has 0 unspecified atom stereocenters. The summed E-state index contributed by atoms with van der Waals surface area (Å²) >= 11 is 0. The zero-order chi connectivity index (χ0) is 8.69. The highest BCUT2D eigenvalue weighted by atomic mass is 16.6. The predicted molar refractivity (Wildman–Crippen MR) is 36.4 cm³/mol. The molecule has 1 amide bonds. The molecular formula is C6H9NO4. The molecule has 11 heavy (non-hydrogen) atoms. The van der Waals surface area contributed by atoms with Crippen LogP contribution in [-0.2, 0) is 14.3 Å². The number of carbonyl (C=O) groups excluding carboxylic acids is 2. The largest absolute Gasteiger partial charge is 0.501 e. The fraction of sp³-hybridized carbons (Fsp3) is 0.333. The number of amides is 1. The highest BCUT2D eigenvalue weighted by Crippen LogP contribution is 1.82. The van der Waals surface area contributed by atoms with Gasteiger partial charge < -0.3 is 15.2 Å². The van der Waals surface area contributed by atoms with E-state index in [1.165, 1.54) is 0 Å². The number of hydrogen-bond acceptors (Lipinski definition) is 4. The van der Waals surface area contributed by atoms with Crippen molar-refractivity contribution in [3.8, 4) is 0 Å². The summed E-state index contributed by atoms with van der Waals surface area (Å²) in [5, 5.41) is 0. The van der Waals surface area contributed by atoms with Crippen LogP contribution in [0.5, 0.6) is 0 Å². The monoisotopic (exact) mass is 159 g/mol. The van der Waals surface area contributed by atoms with E-state index in [4.69, 9.17) is 0 Å². The van der Waals surface area contributed by atoms with E-state index in [9.17, 15) is 9.59 Å². The molecule has 0 fully saturated rings. The lowest BCUT2D eigenvalue weighted by Crippen LogP contribution is -2.16. The Balaban J connectivity index is 3.60. The van der Waals surface area contributed by atoms with Gasteiger partial charge in [0.1, 0.15) is 0 Å². The van der Waals surface area contributed by atoms with Gasteiger partial charge in [0.15, 0.2) is 0 Å². The van der Waals surface area contributed by atoms with Crippen molar-refractivity contribution in [1.82, 2.24) is 0 Å². The standard InChI is InChI=1S/C6H9NO4/c1-2-10-4-3-5(8)11-6(7)9/h3-4H,2H2,1H3,(H2,7,9). The van der Waals surface area contributed by atoms with E-state index in [2.05, 4.69) is 15.2 Å². The summed E-state index contributed by atoms with van der Waals surface area (Å²) in [6, 6.07) is 0. The second-order valence-corrected chi connectivity index (χ2v) is 1.50. The van der Waals surface area contributed by atoms with Crippen LogP contribution >= 0.6 is 0 Å². The highest BCUT2D eigenvalue weighted by molar-refractivity contribution is 5.90. The molecular weight excluding hydrogens is 150 g/mol. The third kappa shape index (κ3) is 6.36. The van der Waals surface area contributed by atoms with Gasteiger partial charge in [-0.2, -0.15) is 0 Å². The van der Waals surface area contributed by atoms with Crippen molar-refractivity contribution >= 4 is 12.1 Å². The third-order valence-corrected chi connectivity index (χ3v) is 0.668.